The van der Waals surface area contributed by atoms with Crippen LogP contribution in [0.3, 0.4) is 0 Å². The van der Waals surface area contributed by atoms with Gasteiger partial charge in [-0.15, -0.1) is 0 Å². The van der Waals surface area contributed by atoms with Crippen molar-refractivity contribution in [1.29, 1.82) is 0 Å². The highest BCUT2D eigenvalue weighted by atomic mass is 16.5. The molecule has 0 fully saturated rings. The predicted octanol–water partition coefficient (Wildman–Crippen LogP) is 2.20. The van der Waals surface area contributed by atoms with Crippen LogP contribution >= 0.6 is 0 Å². The van der Waals surface area contributed by atoms with E-state index in [2.05, 4.69) is 15.0 Å². The van der Waals surface area contributed by atoms with Crippen molar-refractivity contribution in [2.75, 3.05) is 19.5 Å². The van der Waals surface area contributed by atoms with E-state index in [9.17, 15) is 9.59 Å². The summed E-state index contributed by atoms with van der Waals surface area (Å²) in [5.74, 6) is -0.823. The lowest BCUT2D eigenvalue weighted by Gasteiger charge is -2.09. The van der Waals surface area contributed by atoms with Gasteiger partial charge in [0.15, 0.2) is 0 Å². The minimum Gasteiger partial charge on any atom is -0.465 e. The van der Waals surface area contributed by atoms with Gasteiger partial charge in [0, 0.05) is 11.4 Å². The third-order valence-corrected chi connectivity index (χ3v) is 2.95. The molecular formula is C15H16N2O4. The SMILES string of the molecule is COC(=O)c1ccc(CNc2ccccc2C(=O)OC)[nH]1. The molecule has 0 bridgehead atoms. The molecule has 110 valence electrons. The summed E-state index contributed by atoms with van der Waals surface area (Å²) < 4.78 is 9.36. The Balaban J connectivity index is 2.08. The zero-order valence-electron chi connectivity index (χ0n) is 11.8. The van der Waals surface area contributed by atoms with Crippen LogP contribution in [0.1, 0.15) is 26.5 Å². The predicted molar refractivity (Wildman–Crippen MR) is 77.2 cm³/mol. The molecule has 0 spiro atoms. The van der Waals surface area contributed by atoms with Crippen LogP contribution in [-0.4, -0.2) is 31.1 Å². The van der Waals surface area contributed by atoms with Gasteiger partial charge in [-0.05, 0) is 24.3 Å². The molecule has 0 unspecified atom stereocenters. The first kappa shape index (κ1) is 14.6. The minimum atomic E-state index is -0.420. The van der Waals surface area contributed by atoms with E-state index in [-0.39, 0.29) is 0 Å². The maximum atomic E-state index is 11.6. The van der Waals surface area contributed by atoms with Crippen molar-refractivity contribution < 1.29 is 19.1 Å². The van der Waals surface area contributed by atoms with E-state index in [1.807, 2.05) is 6.07 Å². The average Bonchev–Trinajstić information content (AvgIpc) is 3.00. The summed E-state index contributed by atoms with van der Waals surface area (Å²) in [6.45, 7) is 0.436. The number of carbonyl (C=O) groups excluding carboxylic acids is 2. The number of anilines is 1. The Morgan fingerprint density at radius 2 is 1.76 bits per heavy atom. The van der Waals surface area contributed by atoms with Crippen LogP contribution in [0.15, 0.2) is 36.4 Å². The van der Waals surface area contributed by atoms with Crippen LogP contribution in [-0.2, 0) is 16.0 Å². The lowest BCUT2D eigenvalue weighted by Crippen LogP contribution is -2.08. The van der Waals surface area contributed by atoms with Crippen molar-refractivity contribution in [3.05, 3.63) is 53.3 Å². The average molecular weight is 288 g/mol. The second kappa shape index (κ2) is 6.60. The van der Waals surface area contributed by atoms with Gasteiger partial charge in [0.25, 0.3) is 0 Å². The Labute approximate surface area is 122 Å². The highest BCUT2D eigenvalue weighted by Crippen LogP contribution is 2.17. The Bertz CT molecular complexity index is 649. The Hall–Kier alpha value is -2.76. The number of carbonyl (C=O) groups is 2. The molecule has 1 aromatic heterocycles. The quantitative estimate of drug-likeness (QED) is 0.824. The summed E-state index contributed by atoms with van der Waals surface area (Å²) in [6, 6.07) is 10.5. The van der Waals surface area contributed by atoms with Crippen molar-refractivity contribution in [1.82, 2.24) is 4.98 Å². The Morgan fingerprint density at radius 1 is 1.05 bits per heavy atom. The van der Waals surface area contributed by atoms with E-state index in [0.717, 1.165) is 5.69 Å². The Kier molecular flexibility index (Phi) is 4.61. The third kappa shape index (κ3) is 3.42. The molecule has 1 aromatic carbocycles. The molecule has 0 aliphatic heterocycles. The normalized spacial score (nSPS) is 10.0. The molecule has 21 heavy (non-hydrogen) atoms. The molecule has 1 heterocycles. The van der Waals surface area contributed by atoms with Crippen molar-refractivity contribution in [3.8, 4) is 0 Å². The van der Waals surface area contributed by atoms with E-state index >= 15 is 0 Å². The number of H-pyrrole nitrogens is 1. The van der Waals surface area contributed by atoms with E-state index < -0.39 is 11.9 Å². The number of hydrogen-bond donors (Lipinski definition) is 2. The fraction of sp³-hybridized carbons (Fsp3) is 0.200. The lowest BCUT2D eigenvalue weighted by molar-refractivity contribution is 0.0589. The molecule has 0 radical (unpaired) electrons. The van der Waals surface area contributed by atoms with Gasteiger partial charge in [-0.3, -0.25) is 0 Å². The van der Waals surface area contributed by atoms with Crippen LogP contribution in [0.2, 0.25) is 0 Å². The van der Waals surface area contributed by atoms with Gasteiger partial charge in [-0.1, -0.05) is 12.1 Å². The van der Waals surface area contributed by atoms with Crippen LogP contribution < -0.4 is 5.32 Å². The van der Waals surface area contributed by atoms with Gasteiger partial charge in [-0.25, -0.2) is 9.59 Å². The van der Waals surface area contributed by atoms with Crippen molar-refractivity contribution >= 4 is 17.6 Å². The number of benzene rings is 1. The topological polar surface area (TPSA) is 80.4 Å². The first-order valence-corrected chi connectivity index (χ1v) is 6.33. The van der Waals surface area contributed by atoms with Gasteiger partial charge in [0.05, 0.1) is 26.3 Å². The van der Waals surface area contributed by atoms with Crippen molar-refractivity contribution in [2.45, 2.75) is 6.54 Å². The summed E-state index contributed by atoms with van der Waals surface area (Å²) in [5, 5.41) is 3.13. The maximum Gasteiger partial charge on any atom is 0.354 e. The van der Waals surface area contributed by atoms with E-state index in [0.29, 0.717) is 23.5 Å². The van der Waals surface area contributed by atoms with Crippen LogP contribution in [0, 0.1) is 0 Å². The second-order valence-electron chi connectivity index (χ2n) is 4.28. The molecule has 0 amide bonds. The van der Waals surface area contributed by atoms with Gasteiger partial charge in [0.2, 0.25) is 0 Å². The van der Waals surface area contributed by atoms with E-state index in [1.165, 1.54) is 14.2 Å². The van der Waals surface area contributed by atoms with Crippen LogP contribution in [0.25, 0.3) is 0 Å². The molecule has 0 aliphatic carbocycles. The molecule has 6 heteroatoms. The Morgan fingerprint density at radius 3 is 2.48 bits per heavy atom. The summed E-state index contributed by atoms with van der Waals surface area (Å²) in [6.07, 6.45) is 0. The molecular weight excluding hydrogens is 272 g/mol. The fourth-order valence-electron chi connectivity index (χ4n) is 1.89. The molecule has 0 atom stereocenters. The van der Waals surface area contributed by atoms with Gasteiger partial charge >= 0.3 is 11.9 Å². The smallest absolute Gasteiger partial charge is 0.354 e. The largest absolute Gasteiger partial charge is 0.465 e. The second-order valence-corrected chi connectivity index (χ2v) is 4.28. The number of para-hydroxylation sites is 1. The summed E-state index contributed by atoms with van der Waals surface area (Å²) in [5.41, 5.74) is 2.31. The number of rotatable bonds is 5. The molecule has 0 saturated heterocycles. The molecule has 0 aliphatic rings. The number of esters is 2. The molecule has 2 rings (SSSR count). The zero-order chi connectivity index (χ0) is 15.2. The summed E-state index contributed by atoms with van der Waals surface area (Å²) in [7, 11) is 2.67. The molecule has 2 N–H and O–H groups in total. The number of ether oxygens (including phenoxy) is 2. The number of nitrogens with one attached hydrogen (secondary N) is 2. The summed E-state index contributed by atoms with van der Waals surface area (Å²) in [4.78, 5) is 25.9. The van der Waals surface area contributed by atoms with Gasteiger partial charge in [0.1, 0.15) is 5.69 Å². The summed E-state index contributed by atoms with van der Waals surface area (Å²) >= 11 is 0. The molecule has 2 aromatic rings. The van der Waals surface area contributed by atoms with Crippen LogP contribution in [0.4, 0.5) is 5.69 Å². The van der Waals surface area contributed by atoms with Gasteiger partial charge in [-0.2, -0.15) is 0 Å². The molecule has 6 nitrogen and oxygen atoms in total. The third-order valence-electron chi connectivity index (χ3n) is 2.95. The standard InChI is InChI=1S/C15H16N2O4/c1-20-14(18)11-5-3-4-6-12(11)16-9-10-7-8-13(17-10)15(19)21-2/h3-8,16-17H,9H2,1-2H3. The van der Waals surface area contributed by atoms with E-state index in [4.69, 9.17) is 4.74 Å². The molecule has 0 saturated carbocycles. The lowest BCUT2D eigenvalue weighted by atomic mass is 10.2. The van der Waals surface area contributed by atoms with E-state index in [1.54, 1.807) is 30.3 Å². The minimum absolute atomic E-state index is 0.385. The monoisotopic (exact) mass is 288 g/mol. The number of aromatic amines is 1. The highest BCUT2D eigenvalue weighted by Gasteiger charge is 2.11. The van der Waals surface area contributed by atoms with Gasteiger partial charge < -0.3 is 19.8 Å². The van der Waals surface area contributed by atoms with Crippen molar-refractivity contribution in [3.63, 3.8) is 0 Å². The number of aromatic nitrogens is 1. The first-order valence-electron chi connectivity index (χ1n) is 6.33. The number of methoxy groups -OCH3 is 2. The van der Waals surface area contributed by atoms with Crippen LogP contribution in [0.5, 0.6) is 0 Å². The highest BCUT2D eigenvalue weighted by molar-refractivity contribution is 5.95. The van der Waals surface area contributed by atoms with Crippen molar-refractivity contribution in [2.24, 2.45) is 0 Å². The number of hydrogen-bond acceptors (Lipinski definition) is 5. The fourth-order valence-corrected chi connectivity index (χ4v) is 1.89. The maximum absolute atomic E-state index is 11.6. The zero-order valence-corrected chi connectivity index (χ0v) is 11.8. The first-order chi connectivity index (χ1) is 10.2.